The van der Waals surface area contributed by atoms with Gasteiger partial charge in [-0.3, -0.25) is 0 Å². The fourth-order valence-corrected chi connectivity index (χ4v) is 3.20. The molecule has 3 heterocycles. The van der Waals surface area contributed by atoms with Crippen molar-refractivity contribution >= 4 is 11.5 Å². The Labute approximate surface area is 99.1 Å². The average Bonchev–Trinajstić information content (AvgIpc) is 2.84. The van der Waals surface area contributed by atoms with Gasteiger partial charge in [0.2, 0.25) is 0 Å². The lowest BCUT2D eigenvalue weighted by Crippen LogP contribution is -2.56. The molecule has 3 rings (SSSR count). The summed E-state index contributed by atoms with van der Waals surface area (Å²) >= 11 is 1.49. The van der Waals surface area contributed by atoms with E-state index in [1.165, 1.54) is 17.1 Å². The van der Waals surface area contributed by atoms with E-state index in [9.17, 15) is 0 Å². The van der Waals surface area contributed by atoms with Gasteiger partial charge in [-0.2, -0.15) is 0 Å². The van der Waals surface area contributed by atoms with Crippen LogP contribution < -0.4 is 5.32 Å². The molecule has 1 aromatic heterocycles. The molecule has 0 saturated carbocycles. The highest BCUT2D eigenvalue weighted by atomic mass is 32.1. The van der Waals surface area contributed by atoms with Crippen LogP contribution in [0.2, 0.25) is 0 Å². The minimum absolute atomic E-state index is 0.167. The molecule has 16 heavy (non-hydrogen) atoms. The number of hydrogen-bond acceptors (Lipinski definition) is 5. The maximum Gasteiger partial charge on any atom is 0.111 e. The predicted octanol–water partition coefficient (Wildman–Crippen LogP) is 1.35. The maximum atomic E-state index is 6.03. The minimum atomic E-state index is -0.167. The largest absolute Gasteiger partial charge is 0.378 e. The zero-order valence-electron chi connectivity index (χ0n) is 9.15. The molecule has 2 aliphatic rings. The van der Waals surface area contributed by atoms with Crippen molar-refractivity contribution in [2.75, 3.05) is 26.4 Å². The average molecular weight is 240 g/mol. The summed E-state index contributed by atoms with van der Waals surface area (Å²) in [6.45, 7) is 3.24. The van der Waals surface area contributed by atoms with Gasteiger partial charge >= 0.3 is 0 Å². The van der Waals surface area contributed by atoms with Crippen LogP contribution in [0.4, 0.5) is 0 Å². The number of ether oxygens (including phenoxy) is 2. The first-order chi connectivity index (χ1) is 7.91. The molecular weight excluding hydrogens is 224 g/mol. The molecular formula is C11H16N2O2S. The van der Waals surface area contributed by atoms with Gasteiger partial charge in [0.1, 0.15) is 5.60 Å². The number of rotatable bonds is 1. The molecule has 1 aromatic rings. The molecule has 0 bridgehead atoms. The first-order valence-electron chi connectivity index (χ1n) is 5.75. The highest BCUT2D eigenvalue weighted by molar-refractivity contribution is 7.03. The lowest BCUT2D eigenvalue weighted by Gasteiger charge is -2.46. The van der Waals surface area contributed by atoms with Crippen molar-refractivity contribution in [2.45, 2.75) is 24.5 Å². The molecule has 0 aromatic carbocycles. The van der Waals surface area contributed by atoms with Crippen LogP contribution >= 0.6 is 11.5 Å². The van der Waals surface area contributed by atoms with Gasteiger partial charge < -0.3 is 14.8 Å². The first-order valence-corrected chi connectivity index (χ1v) is 6.59. The van der Waals surface area contributed by atoms with Crippen LogP contribution in [0.15, 0.2) is 11.6 Å². The lowest BCUT2D eigenvalue weighted by molar-refractivity contribution is -0.165. The zero-order chi connectivity index (χ0) is 10.8. The van der Waals surface area contributed by atoms with E-state index in [4.69, 9.17) is 9.47 Å². The molecule has 1 spiro atoms. The number of morpholine rings is 1. The van der Waals surface area contributed by atoms with Crippen molar-refractivity contribution in [1.29, 1.82) is 0 Å². The standard InChI is InChI=1S/C11H16N2O2S/c1-2-11(8-14-4-1)10(12-3-5-15-11)9-6-13-16-7-9/h6-7,10,12H,1-5,8H2. The summed E-state index contributed by atoms with van der Waals surface area (Å²) in [7, 11) is 0. The number of hydrogen-bond donors (Lipinski definition) is 1. The lowest BCUT2D eigenvalue weighted by atomic mass is 9.84. The summed E-state index contributed by atoms with van der Waals surface area (Å²) in [4.78, 5) is 0. The summed E-state index contributed by atoms with van der Waals surface area (Å²) in [5.74, 6) is 0. The molecule has 2 unspecified atom stereocenters. The van der Waals surface area contributed by atoms with E-state index in [1.54, 1.807) is 0 Å². The second kappa shape index (κ2) is 4.41. The topological polar surface area (TPSA) is 43.4 Å². The van der Waals surface area contributed by atoms with Crippen LogP contribution in [0.25, 0.3) is 0 Å². The normalized spacial score (nSPS) is 35.4. The van der Waals surface area contributed by atoms with Crippen molar-refractivity contribution in [1.82, 2.24) is 9.69 Å². The number of nitrogens with one attached hydrogen (secondary N) is 1. The van der Waals surface area contributed by atoms with Gasteiger partial charge in [0, 0.05) is 30.3 Å². The highest BCUT2D eigenvalue weighted by Gasteiger charge is 2.44. The maximum absolute atomic E-state index is 6.03. The van der Waals surface area contributed by atoms with Gasteiger partial charge in [0.25, 0.3) is 0 Å². The summed E-state index contributed by atoms with van der Waals surface area (Å²) < 4.78 is 15.8. The van der Waals surface area contributed by atoms with Gasteiger partial charge in [-0.05, 0) is 24.4 Å². The Morgan fingerprint density at radius 3 is 3.25 bits per heavy atom. The van der Waals surface area contributed by atoms with Crippen LogP contribution in [0.1, 0.15) is 24.4 Å². The molecule has 0 radical (unpaired) electrons. The molecule has 1 N–H and O–H groups in total. The molecule has 0 aliphatic carbocycles. The SMILES string of the molecule is c1nscc1C1NCCOC12CCCOC2. The zero-order valence-corrected chi connectivity index (χ0v) is 9.96. The summed E-state index contributed by atoms with van der Waals surface area (Å²) in [5, 5.41) is 5.64. The van der Waals surface area contributed by atoms with Crippen molar-refractivity contribution < 1.29 is 9.47 Å². The van der Waals surface area contributed by atoms with Crippen LogP contribution in [0, 0.1) is 0 Å². The Morgan fingerprint density at radius 1 is 1.50 bits per heavy atom. The monoisotopic (exact) mass is 240 g/mol. The summed E-state index contributed by atoms with van der Waals surface area (Å²) in [6.07, 6.45) is 4.09. The van der Waals surface area contributed by atoms with E-state index in [0.717, 1.165) is 32.6 Å². The van der Waals surface area contributed by atoms with E-state index < -0.39 is 0 Å². The molecule has 5 heteroatoms. The first kappa shape index (κ1) is 10.7. The third kappa shape index (κ3) is 1.78. The molecule has 2 fully saturated rings. The van der Waals surface area contributed by atoms with Gasteiger partial charge in [0.15, 0.2) is 0 Å². The second-order valence-corrected chi connectivity index (χ2v) is 5.07. The van der Waals surface area contributed by atoms with E-state index in [1.807, 2.05) is 6.20 Å². The van der Waals surface area contributed by atoms with Crippen molar-refractivity contribution in [3.8, 4) is 0 Å². The molecule has 4 nitrogen and oxygen atoms in total. The molecule has 88 valence electrons. The third-order valence-corrected chi connectivity index (χ3v) is 3.99. The van der Waals surface area contributed by atoms with Gasteiger partial charge in [0.05, 0.1) is 19.3 Å². The Hall–Kier alpha value is -0.490. The van der Waals surface area contributed by atoms with Crippen LogP contribution in [0.5, 0.6) is 0 Å². The Kier molecular flexibility index (Phi) is 2.93. The smallest absolute Gasteiger partial charge is 0.111 e. The van der Waals surface area contributed by atoms with E-state index >= 15 is 0 Å². The van der Waals surface area contributed by atoms with Gasteiger partial charge in [-0.15, -0.1) is 0 Å². The summed E-state index contributed by atoms with van der Waals surface area (Å²) in [6, 6.07) is 0.236. The molecule has 2 atom stereocenters. The van der Waals surface area contributed by atoms with E-state index in [2.05, 4.69) is 15.1 Å². The van der Waals surface area contributed by atoms with Crippen molar-refractivity contribution in [2.24, 2.45) is 0 Å². The number of nitrogens with zero attached hydrogens (tertiary/aromatic N) is 1. The van der Waals surface area contributed by atoms with Crippen molar-refractivity contribution in [3.63, 3.8) is 0 Å². The fourth-order valence-electron chi connectivity index (χ4n) is 2.64. The van der Waals surface area contributed by atoms with Crippen molar-refractivity contribution in [3.05, 3.63) is 17.1 Å². The Bertz CT molecular complexity index is 327. The van der Waals surface area contributed by atoms with Gasteiger partial charge in [-0.1, -0.05) is 0 Å². The molecule has 2 saturated heterocycles. The minimum Gasteiger partial charge on any atom is -0.378 e. The van der Waals surface area contributed by atoms with Gasteiger partial charge in [-0.25, -0.2) is 4.37 Å². The fraction of sp³-hybridized carbons (Fsp3) is 0.727. The van der Waals surface area contributed by atoms with E-state index in [0.29, 0.717) is 6.61 Å². The molecule has 2 aliphatic heterocycles. The van der Waals surface area contributed by atoms with E-state index in [-0.39, 0.29) is 11.6 Å². The van der Waals surface area contributed by atoms with Crippen LogP contribution in [-0.4, -0.2) is 36.3 Å². The Morgan fingerprint density at radius 2 is 2.50 bits per heavy atom. The predicted molar refractivity (Wildman–Crippen MR) is 61.6 cm³/mol. The third-order valence-electron chi connectivity index (χ3n) is 3.39. The molecule has 0 amide bonds. The van der Waals surface area contributed by atoms with Crippen LogP contribution in [-0.2, 0) is 9.47 Å². The summed E-state index contributed by atoms with van der Waals surface area (Å²) in [5.41, 5.74) is 1.06. The number of aromatic nitrogens is 1. The highest BCUT2D eigenvalue weighted by Crippen LogP contribution is 2.38. The quantitative estimate of drug-likeness (QED) is 0.805. The van der Waals surface area contributed by atoms with Crippen LogP contribution in [0.3, 0.4) is 0 Å². The Balaban J connectivity index is 1.88. The second-order valence-electron chi connectivity index (χ2n) is 4.41.